The lowest BCUT2D eigenvalue weighted by Gasteiger charge is -2.17. The van der Waals surface area contributed by atoms with Crippen LogP contribution >= 0.6 is 0 Å². The van der Waals surface area contributed by atoms with Crippen LogP contribution in [-0.2, 0) is 11.2 Å². The van der Waals surface area contributed by atoms with Crippen molar-refractivity contribution in [2.24, 2.45) is 0 Å². The van der Waals surface area contributed by atoms with Gasteiger partial charge in [0.2, 0.25) is 0 Å². The second kappa shape index (κ2) is 9.05. The summed E-state index contributed by atoms with van der Waals surface area (Å²) in [7, 11) is 1.60. The molecule has 0 aliphatic heterocycles. The highest BCUT2D eigenvalue weighted by Gasteiger charge is 2.25. The van der Waals surface area contributed by atoms with Crippen LogP contribution in [0.25, 0.3) is 0 Å². The minimum Gasteiger partial charge on any atom is -0.495 e. The molecule has 0 fully saturated rings. The molecule has 5 heteroatoms. The van der Waals surface area contributed by atoms with E-state index in [1.165, 1.54) is 0 Å². The maximum absolute atomic E-state index is 13.1. The summed E-state index contributed by atoms with van der Waals surface area (Å²) in [5.41, 5.74) is 2.70. The Kier molecular flexibility index (Phi) is 6.28. The number of methoxy groups -OCH3 is 1. The van der Waals surface area contributed by atoms with Crippen molar-refractivity contribution in [3.63, 3.8) is 0 Å². The summed E-state index contributed by atoms with van der Waals surface area (Å²) >= 11 is 0. The third-order valence-electron chi connectivity index (χ3n) is 4.43. The number of carbonyl (C=O) groups excluding carboxylic acids is 1. The summed E-state index contributed by atoms with van der Waals surface area (Å²) in [5, 5.41) is 5.06. The molecular weight excluding hydrogens is 340 g/mol. The van der Waals surface area contributed by atoms with E-state index in [1.807, 2.05) is 72.9 Å². The smallest absolute Gasteiger partial charge is 0.287 e. The predicted octanol–water partition coefficient (Wildman–Crippen LogP) is 3.08. The molecule has 0 aliphatic carbocycles. The molecule has 0 radical (unpaired) electrons. The van der Waals surface area contributed by atoms with Gasteiger partial charge in [0.25, 0.3) is 5.91 Å². The zero-order valence-corrected chi connectivity index (χ0v) is 15.6. The lowest BCUT2D eigenvalue weighted by atomic mass is 10.1. The van der Waals surface area contributed by atoms with Crippen LogP contribution in [0.15, 0.2) is 71.3 Å². The summed E-state index contributed by atoms with van der Waals surface area (Å²) in [6, 6.07) is 19.0. The molecule has 0 unspecified atom stereocenters. The summed E-state index contributed by atoms with van der Waals surface area (Å²) in [4.78, 5) is 13.1. The number of benzene rings is 2. The van der Waals surface area contributed by atoms with Crippen LogP contribution in [0.2, 0.25) is 0 Å². The molecule has 5 nitrogen and oxygen atoms in total. The molecule has 1 atom stereocenters. The van der Waals surface area contributed by atoms with Crippen molar-refractivity contribution in [1.82, 2.24) is 0 Å². The standard InChI is InChI=1S/C22H24N2O3/c1-16-10-11-20(26-2)19(15-16)24-22(25)21(17-7-4-3-5-8-17)23-13-12-18-9-6-14-27-18/h3-11,14-15,21,23H,12-13H2,1-2H3,(H,24,25)/p+1/t21-/m1/s1. The Morgan fingerprint density at radius 3 is 2.67 bits per heavy atom. The highest BCUT2D eigenvalue weighted by molar-refractivity contribution is 5.95. The molecule has 2 aromatic carbocycles. The van der Waals surface area contributed by atoms with Gasteiger partial charge in [0.1, 0.15) is 11.5 Å². The first-order valence-electron chi connectivity index (χ1n) is 9.03. The van der Waals surface area contributed by atoms with E-state index in [-0.39, 0.29) is 11.9 Å². The number of quaternary nitrogens is 1. The van der Waals surface area contributed by atoms with E-state index in [2.05, 4.69) is 5.32 Å². The molecule has 0 aliphatic rings. The van der Waals surface area contributed by atoms with Crippen LogP contribution in [0.5, 0.6) is 5.75 Å². The molecule has 1 heterocycles. The lowest BCUT2D eigenvalue weighted by molar-refractivity contribution is -0.682. The van der Waals surface area contributed by atoms with Crippen molar-refractivity contribution in [3.05, 3.63) is 83.8 Å². The Balaban J connectivity index is 1.75. The minimum absolute atomic E-state index is 0.0791. The van der Waals surface area contributed by atoms with Crippen molar-refractivity contribution in [2.45, 2.75) is 19.4 Å². The summed E-state index contributed by atoms with van der Waals surface area (Å²) in [5.74, 6) is 1.49. The molecule has 0 saturated heterocycles. The van der Waals surface area contributed by atoms with Gasteiger partial charge in [-0.3, -0.25) is 4.79 Å². The van der Waals surface area contributed by atoms with Gasteiger partial charge < -0.3 is 19.8 Å². The second-order valence-electron chi connectivity index (χ2n) is 6.44. The average Bonchev–Trinajstić information content (AvgIpc) is 3.19. The number of hydrogen-bond acceptors (Lipinski definition) is 3. The molecular formula is C22H25N2O3+. The molecule has 0 spiro atoms. The van der Waals surface area contributed by atoms with Gasteiger partial charge in [-0.1, -0.05) is 36.4 Å². The van der Waals surface area contributed by atoms with Crippen molar-refractivity contribution in [3.8, 4) is 5.75 Å². The first kappa shape index (κ1) is 18.7. The molecule has 0 saturated carbocycles. The fraction of sp³-hybridized carbons (Fsp3) is 0.227. The summed E-state index contributed by atoms with van der Waals surface area (Å²) < 4.78 is 10.8. The maximum atomic E-state index is 13.1. The van der Waals surface area contributed by atoms with Crippen molar-refractivity contribution in [1.29, 1.82) is 0 Å². The third kappa shape index (κ3) is 4.99. The van der Waals surface area contributed by atoms with E-state index >= 15 is 0 Å². The Morgan fingerprint density at radius 2 is 1.96 bits per heavy atom. The van der Waals surface area contributed by atoms with Gasteiger partial charge in [-0.25, -0.2) is 0 Å². The van der Waals surface area contributed by atoms with Crippen LogP contribution in [0, 0.1) is 6.92 Å². The number of hydrogen-bond donors (Lipinski definition) is 2. The van der Waals surface area contributed by atoms with Crippen molar-refractivity contribution >= 4 is 11.6 Å². The summed E-state index contributed by atoms with van der Waals surface area (Å²) in [6.07, 6.45) is 2.43. The highest BCUT2D eigenvalue weighted by atomic mass is 16.5. The van der Waals surface area contributed by atoms with Gasteiger partial charge in [0.05, 0.1) is 32.0 Å². The quantitative estimate of drug-likeness (QED) is 0.645. The molecule has 3 aromatic rings. The molecule has 3 rings (SSSR count). The van der Waals surface area contributed by atoms with E-state index < -0.39 is 0 Å². The number of anilines is 1. The zero-order valence-electron chi connectivity index (χ0n) is 15.6. The van der Waals surface area contributed by atoms with Gasteiger partial charge >= 0.3 is 0 Å². The van der Waals surface area contributed by atoms with E-state index in [0.29, 0.717) is 11.4 Å². The molecule has 27 heavy (non-hydrogen) atoms. The van der Waals surface area contributed by atoms with E-state index in [4.69, 9.17) is 9.15 Å². The fourth-order valence-corrected chi connectivity index (χ4v) is 3.03. The maximum Gasteiger partial charge on any atom is 0.287 e. The van der Waals surface area contributed by atoms with E-state index in [9.17, 15) is 4.79 Å². The number of nitrogens with two attached hydrogens (primary N) is 1. The van der Waals surface area contributed by atoms with Crippen molar-refractivity contribution in [2.75, 3.05) is 19.0 Å². The highest BCUT2D eigenvalue weighted by Crippen LogP contribution is 2.26. The Morgan fingerprint density at radius 1 is 1.15 bits per heavy atom. The van der Waals surface area contributed by atoms with Gasteiger partial charge in [0.15, 0.2) is 6.04 Å². The lowest BCUT2D eigenvalue weighted by Crippen LogP contribution is -2.87. The number of ether oxygens (including phenoxy) is 1. The number of amides is 1. The molecule has 1 aromatic heterocycles. The normalized spacial score (nSPS) is 11.8. The van der Waals surface area contributed by atoms with Gasteiger partial charge in [0, 0.05) is 5.56 Å². The Hall–Kier alpha value is -3.05. The number of nitrogens with one attached hydrogen (secondary N) is 1. The topological polar surface area (TPSA) is 68.1 Å². The van der Waals surface area contributed by atoms with Crippen molar-refractivity contribution < 1.29 is 19.3 Å². The number of aryl methyl sites for hydroxylation is 1. The van der Waals surface area contributed by atoms with Gasteiger partial charge in [-0.15, -0.1) is 0 Å². The van der Waals surface area contributed by atoms with Crippen LogP contribution in [-0.4, -0.2) is 19.6 Å². The third-order valence-corrected chi connectivity index (χ3v) is 4.43. The molecule has 3 N–H and O–H groups in total. The SMILES string of the molecule is COc1ccc(C)cc1NC(=O)[C@H]([NH2+]CCc1ccco1)c1ccccc1. The monoisotopic (exact) mass is 365 g/mol. The largest absolute Gasteiger partial charge is 0.495 e. The average molecular weight is 365 g/mol. The van der Waals surface area contributed by atoms with Gasteiger partial charge in [-0.05, 0) is 36.8 Å². The molecule has 1 amide bonds. The summed E-state index contributed by atoms with van der Waals surface area (Å²) in [6.45, 7) is 2.73. The molecule has 0 bridgehead atoms. The number of rotatable bonds is 8. The van der Waals surface area contributed by atoms with Crippen LogP contribution < -0.4 is 15.4 Å². The van der Waals surface area contributed by atoms with Crippen LogP contribution in [0.1, 0.15) is 22.9 Å². The number of furan rings is 1. The first-order valence-corrected chi connectivity index (χ1v) is 9.03. The van der Waals surface area contributed by atoms with E-state index in [0.717, 1.165) is 29.9 Å². The molecule has 140 valence electrons. The zero-order chi connectivity index (χ0) is 19.1. The van der Waals surface area contributed by atoms with E-state index in [1.54, 1.807) is 13.4 Å². The number of carbonyl (C=O) groups is 1. The fourth-order valence-electron chi connectivity index (χ4n) is 3.03. The second-order valence-corrected chi connectivity index (χ2v) is 6.44. The first-order chi connectivity index (χ1) is 13.2. The van der Waals surface area contributed by atoms with Crippen LogP contribution in [0.3, 0.4) is 0 Å². The predicted molar refractivity (Wildman–Crippen MR) is 105 cm³/mol. The van der Waals surface area contributed by atoms with Gasteiger partial charge in [-0.2, -0.15) is 0 Å². The Labute approximate surface area is 159 Å². The minimum atomic E-state index is -0.355. The van der Waals surface area contributed by atoms with Crippen LogP contribution in [0.4, 0.5) is 5.69 Å². The Bertz CT molecular complexity index is 861.